The number of hydrogen-bond acceptors (Lipinski definition) is 9. The second-order valence-electron chi connectivity index (χ2n) is 7.94. The number of nitrogens with zero attached hydrogens (tertiary/aromatic N) is 1. The van der Waals surface area contributed by atoms with Crippen molar-refractivity contribution in [1.29, 1.82) is 0 Å². The summed E-state index contributed by atoms with van der Waals surface area (Å²) in [5.41, 5.74) is 0.909. The van der Waals surface area contributed by atoms with Crippen molar-refractivity contribution in [3.05, 3.63) is 46.5 Å². The number of amides is 2. The zero-order valence-electron chi connectivity index (χ0n) is 18.7. The van der Waals surface area contributed by atoms with Gasteiger partial charge in [0.15, 0.2) is 23.8 Å². The molecule has 0 aliphatic carbocycles. The van der Waals surface area contributed by atoms with Crippen LogP contribution in [0.1, 0.15) is 18.4 Å². The van der Waals surface area contributed by atoms with Gasteiger partial charge in [0.05, 0.1) is 23.7 Å². The van der Waals surface area contributed by atoms with Crippen LogP contribution in [-0.4, -0.2) is 90.5 Å². The molecule has 186 valence electrons. The highest BCUT2D eigenvalue weighted by molar-refractivity contribution is 9.11. The largest absolute Gasteiger partial charge is 0.447 e. The normalized spacial score (nSPS) is 25.8. The fourth-order valence-corrected chi connectivity index (χ4v) is 4.39. The van der Waals surface area contributed by atoms with Crippen LogP contribution in [0.2, 0.25) is 0 Å². The van der Waals surface area contributed by atoms with Gasteiger partial charge in [-0.1, -0.05) is 30.3 Å². The highest BCUT2D eigenvalue weighted by Crippen LogP contribution is 2.36. The number of carbonyl (C=O) groups is 3. The molecule has 4 unspecified atom stereocenters. The number of rotatable bonds is 11. The SMILES string of the molecule is COC(C(=O)N1C(=O)OCC1Cc1ccccc1)C1OC(O)(CCCOCCO)C(Br)=CC1=O. The van der Waals surface area contributed by atoms with Gasteiger partial charge in [0.25, 0.3) is 5.91 Å². The van der Waals surface area contributed by atoms with E-state index in [0.29, 0.717) is 12.8 Å². The van der Waals surface area contributed by atoms with Crippen molar-refractivity contribution in [3.63, 3.8) is 0 Å². The van der Waals surface area contributed by atoms with Gasteiger partial charge in [0, 0.05) is 20.1 Å². The second-order valence-corrected chi connectivity index (χ2v) is 8.80. The molecular weight excluding hydrogens is 514 g/mol. The van der Waals surface area contributed by atoms with E-state index in [4.69, 9.17) is 24.1 Å². The molecule has 0 bridgehead atoms. The Bertz CT molecular complexity index is 909. The smallest absolute Gasteiger partial charge is 0.417 e. The van der Waals surface area contributed by atoms with Crippen molar-refractivity contribution in [3.8, 4) is 0 Å². The first-order chi connectivity index (χ1) is 16.3. The van der Waals surface area contributed by atoms with Crippen LogP contribution in [-0.2, 0) is 35.0 Å². The third kappa shape index (κ3) is 6.09. The molecule has 2 aliphatic heterocycles. The van der Waals surface area contributed by atoms with Crippen molar-refractivity contribution < 1.29 is 43.5 Å². The van der Waals surface area contributed by atoms with Crippen LogP contribution in [0, 0.1) is 0 Å². The van der Waals surface area contributed by atoms with E-state index in [-0.39, 0.29) is 37.3 Å². The summed E-state index contributed by atoms with van der Waals surface area (Å²) in [6.45, 7) is 0.299. The van der Waals surface area contributed by atoms with E-state index in [9.17, 15) is 19.5 Å². The number of imide groups is 1. The van der Waals surface area contributed by atoms with E-state index in [1.165, 1.54) is 7.11 Å². The van der Waals surface area contributed by atoms with E-state index in [1.807, 2.05) is 30.3 Å². The van der Waals surface area contributed by atoms with Crippen molar-refractivity contribution in [2.24, 2.45) is 0 Å². The van der Waals surface area contributed by atoms with E-state index in [1.54, 1.807) is 0 Å². The molecule has 1 fully saturated rings. The Morgan fingerprint density at radius 2 is 2.03 bits per heavy atom. The summed E-state index contributed by atoms with van der Waals surface area (Å²) < 4.78 is 21.4. The maximum atomic E-state index is 13.4. The van der Waals surface area contributed by atoms with Gasteiger partial charge < -0.3 is 29.2 Å². The predicted molar refractivity (Wildman–Crippen MR) is 122 cm³/mol. The molecule has 0 spiro atoms. The molecule has 1 saturated heterocycles. The minimum Gasteiger partial charge on any atom is -0.447 e. The third-order valence-electron chi connectivity index (χ3n) is 5.57. The Morgan fingerprint density at radius 3 is 2.71 bits per heavy atom. The molecule has 3 rings (SSSR count). The van der Waals surface area contributed by atoms with E-state index in [0.717, 1.165) is 16.5 Å². The molecule has 0 radical (unpaired) electrons. The van der Waals surface area contributed by atoms with Gasteiger partial charge in [0.2, 0.25) is 0 Å². The quantitative estimate of drug-likeness (QED) is 0.398. The van der Waals surface area contributed by atoms with Crippen LogP contribution in [0.4, 0.5) is 4.79 Å². The number of halogens is 1. The standard InChI is InChI=1S/C23H28BrNO9/c1-31-20(19-17(27)13-18(24)23(30,34-19)8-5-10-32-11-9-26)21(28)25-16(14-33-22(25)29)12-15-6-3-2-4-7-15/h2-4,6-7,13,16,19-20,26,30H,5,8-12,14H2,1H3. The number of aliphatic hydroxyl groups is 2. The number of cyclic esters (lactones) is 1. The van der Waals surface area contributed by atoms with Crippen molar-refractivity contribution in [2.45, 2.75) is 43.3 Å². The van der Waals surface area contributed by atoms with Gasteiger partial charge in [-0.25, -0.2) is 9.69 Å². The van der Waals surface area contributed by atoms with E-state index < -0.39 is 41.8 Å². The van der Waals surface area contributed by atoms with Gasteiger partial charge in [-0.2, -0.15) is 0 Å². The third-order valence-corrected chi connectivity index (χ3v) is 6.42. The Hall–Kier alpha value is -2.15. The van der Waals surface area contributed by atoms with Crippen LogP contribution in [0.5, 0.6) is 0 Å². The Labute approximate surface area is 205 Å². The maximum Gasteiger partial charge on any atom is 0.417 e. The molecule has 2 heterocycles. The molecule has 2 N–H and O–H groups in total. The summed E-state index contributed by atoms with van der Waals surface area (Å²) in [6.07, 6.45) is -1.87. The van der Waals surface area contributed by atoms with Crippen LogP contribution in [0.3, 0.4) is 0 Å². The first-order valence-corrected chi connectivity index (χ1v) is 11.7. The summed E-state index contributed by atoms with van der Waals surface area (Å²) in [5, 5.41) is 19.8. The minimum absolute atomic E-state index is 0.0125. The molecule has 1 aromatic rings. The summed E-state index contributed by atoms with van der Waals surface area (Å²) in [4.78, 5) is 39.4. The lowest BCUT2D eigenvalue weighted by Gasteiger charge is -2.38. The summed E-state index contributed by atoms with van der Waals surface area (Å²) >= 11 is 3.17. The molecule has 34 heavy (non-hydrogen) atoms. The zero-order chi connectivity index (χ0) is 24.7. The molecule has 2 amide bonds. The molecule has 1 aromatic carbocycles. The highest BCUT2D eigenvalue weighted by Gasteiger charge is 2.50. The van der Waals surface area contributed by atoms with Crippen LogP contribution < -0.4 is 0 Å². The number of carbonyl (C=O) groups excluding carboxylic acids is 3. The molecule has 0 aromatic heterocycles. The topological polar surface area (TPSA) is 132 Å². The molecule has 0 saturated carbocycles. The Balaban J connectivity index is 1.75. The highest BCUT2D eigenvalue weighted by atomic mass is 79.9. The Morgan fingerprint density at radius 1 is 1.29 bits per heavy atom. The van der Waals surface area contributed by atoms with Gasteiger partial charge in [-0.15, -0.1) is 0 Å². The van der Waals surface area contributed by atoms with E-state index >= 15 is 0 Å². The van der Waals surface area contributed by atoms with E-state index in [2.05, 4.69) is 15.9 Å². The molecule has 10 nitrogen and oxygen atoms in total. The van der Waals surface area contributed by atoms with Crippen molar-refractivity contribution in [2.75, 3.05) is 33.5 Å². The van der Waals surface area contributed by atoms with Gasteiger partial charge in [-0.05, 0) is 40.4 Å². The predicted octanol–water partition coefficient (Wildman–Crippen LogP) is 1.32. The maximum absolute atomic E-state index is 13.4. The number of hydrogen-bond donors (Lipinski definition) is 2. The first-order valence-electron chi connectivity index (χ1n) is 10.9. The molecule has 11 heteroatoms. The number of benzene rings is 1. The monoisotopic (exact) mass is 541 g/mol. The van der Waals surface area contributed by atoms with Gasteiger partial charge in [-0.3, -0.25) is 9.59 Å². The van der Waals surface area contributed by atoms with Gasteiger partial charge >= 0.3 is 6.09 Å². The van der Waals surface area contributed by atoms with Crippen LogP contribution >= 0.6 is 15.9 Å². The number of methoxy groups -OCH3 is 1. The van der Waals surface area contributed by atoms with Crippen molar-refractivity contribution in [1.82, 2.24) is 4.90 Å². The summed E-state index contributed by atoms with van der Waals surface area (Å²) in [7, 11) is 1.22. The average Bonchev–Trinajstić information content (AvgIpc) is 3.18. The van der Waals surface area contributed by atoms with Crippen LogP contribution in [0.25, 0.3) is 0 Å². The zero-order valence-corrected chi connectivity index (χ0v) is 20.3. The van der Waals surface area contributed by atoms with Gasteiger partial charge in [0.1, 0.15) is 6.61 Å². The first kappa shape index (κ1) is 26.5. The lowest BCUT2D eigenvalue weighted by molar-refractivity contribution is -0.227. The molecule has 4 atom stereocenters. The fourth-order valence-electron chi connectivity index (χ4n) is 3.87. The number of aliphatic hydroxyl groups excluding tert-OH is 1. The van der Waals surface area contributed by atoms with Crippen molar-refractivity contribution >= 4 is 33.7 Å². The van der Waals surface area contributed by atoms with Crippen LogP contribution in [0.15, 0.2) is 40.9 Å². The lowest BCUT2D eigenvalue weighted by atomic mass is 9.99. The number of ether oxygens (including phenoxy) is 4. The lowest BCUT2D eigenvalue weighted by Crippen LogP contribution is -2.56. The summed E-state index contributed by atoms with van der Waals surface area (Å²) in [5.74, 6) is -3.28. The second kappa shape index (κ2) is 12.0. The molecular formula is C23H28BrNO9. The average molecular weight is 542 g/mol. The number of ketones is 1. The minimum atomic E-state index is -1.90. The fraction of sp³-hybridized carbons (Fsp3) is 0.522. The molecule has 2 aliphatic rings. The Kier molecular flexibility index (Phi) is 9.34. The summed E-state index contributed by atoms with van der Waals surface area (Å²) in [6, 6.07) is 8.74.